The summed E-state index contributed by atoms with van der Waals surface area (Å²) in [6.45, 7) is 14.0. The number of Topliss-reactive ketones (excluding diaryl/α,β-unsaturated/α-hetero) is 3. The minimum Gasteiger partial charge on any atom is -0.400 e. The second kappa shape index (κ2) is 30.8. The number of ether oxygens (including phenoxy) is 3. The lowest BCUT2D eigenvalue weighted by atomic mass is 9.77. The fourth-order valence-electron chi connectivity index (χ4n) is 9.94. The number of hydrogen-bond donors (Lipinski definition) is 5. The Kier molecular flexibility index (Phi) is 27.4. The van der Waals surface area contributed by atoms with Crippen LogP contribution in [0.25, 0.3) is 0 Å². The topological polar surface area (TPSA) is 228 Å². The Bertz CT molecular complexity index is 1680. The summed E-state index contributed by atoms with van der Waals surface area (Å²) in [5, 5.41) is 34.4. The molecule has 0 aromatic rings. The molecule has 0 spiro atoms. The van der Waals surface area contributed by atoms with Crippen LogP contribution in [0.2, 0.25) is 0 Å². The van der Waals surface area contributed by atoms with E-state index in [4.69, 9.17) is 31.0 Å². The predicted molar refractivity (Wildman–Crippen MR) is 264 cm³/mol. The number of hydrogen-bond acceptors (Lipinski definition) is 13. The molecule has 1 saturated heterocycles. The minimum absolute atomic E-state index is 0.0186. The summed E-state index contributed by atoms with van der Waals surface area (Å²) in [4.78, 5) is 56.7. The fourth-order valence-corrected chi connectivity index (χ4v) is 9.94. The Labute approximate surface area is 402 Å². The Morgan fingerprint density at radius 3 is 2.28 bits per heavy atom. The van der Waals surface area contributed by atoms with Gasteiger partial charge in [0.05, 0.1) is 30.9 Å². The first-order valence-corrected chi connectivity index (χ1v) is 24.8. The van der Waals surface area contributed by atoms with Gasteiger partial charge in [-0.15, -0.1) is 0 Å². The summed E-state index contributed by atoms with van der Waals surface area (Å²) in [6.07, 6.45) is 22.2. The standard InChI is InChI=1S/C51H85N5O9.CH4O/c1-34-18-12-10-14-20-35(2)26-39(6)48(58)47(64-9)28-36(3)27-37(4)44(57)31-45(38(5)29-41-23-24-43(46(30-41)63-8)56(53)33-54-52)65-32-42-22-16-17-25-55(42)50(60)49(59)51(61,62)40(7)21-15-11-13-19-34;1-2/h10,12,14,18,20,27,33,35,37-43,45-47,61-62H,11,13,15-17,19,21-26,28-32,52-53H2,1-9H3;2H,1H3/b12-10+,20-14+,34-18+,36-27+,54-33-;/t35-,37-,38-,39?,40?,41?,42+,43?,45?,46?,47?;/m1./s1. The highest BCUT2D eigenvalue weighted by Gasteiger charge is 2.46. The van der Waals surface area contributed by atoms with Crippen LogP contribution in [0.15, 0.2) is 52.7 Å². The van der Waals surface area contributed by atoms with E-state index in [0.717, 1.165) is 64.0 Å². The monoisotopic (exact) mass is 944 g/mol. The number of methoxy groups -OCH3 is 2. The molecule has 67 heavy (non-hydrogen) atoms. The second-order valence-electron chi connectivity index (χ2n) is 19.7. The highest BCUT2D eigenvalue weighted by atomic mass is 16.5. The van der Waals surface area contributed by atoms with E-state index in [-0.39, 0.29) is 60.4 Å². The maximum atomic E-state index is 14.1. The van der Waals surface area contributed by atoms with Crippen LogP contribution in [0.1, 0.15) is 145 Å². The number of aliphatic hydroxyl groups is 3. The normalized spacial score (nSPS) is 34.2. The van der Waals surface area contributed by atoms with E-state index in [1.165, 1.54) is 21.8 Å². The van der Waals surface area contributed by atoms with Crippen LogP contribution in [0.3, 0.4) is 0 Å². The molecule has 2 aliphatic heterocycles. The van der Waals surface area contributed by atoms with E-state index in [1.807, 2.05) is 45.1 Å². The molecule has 1 saturated carbocycles. The van der Waals surface area contributed by atoms with Gasteiger partial charge in [-0.25, -0.2) is 5.84 Å². The number of fused-ring (bicyclic) bond motifs is 1. The van der Waals surface area contributed by atoms with Gasteiger partial charge >= 0.3 is 0 Å². The quantitative estimate of drug-likeness (QED) is 0.0340. The third kappa shape index (κ3) is 19.4. The molecule has 0 bridgehead atoms. The van der Waals surface area contributed by atoms with E-state index < -0.39 is 47.6 Å². The van der Waals surface area contributed by atoms with E-state index in [1.54, 1.807) is 21.1 Å². The molecule has 15 heteroatoms. The third-order valence-electron chi connectivity index (χ3n) is 14.2. The Morgan fingerprint density at radius 2 is 1.61 bits per heavy atom. The van der Waals surface area contributed by atoms with Crippen molar-refractivity contribution in [1.29, 1.82) is 0 Å². The molecule has 382 valence electrons. The molecule has 0 radical (unpaired) electrons. The fraction of sp³-hybridized carbons (Fsp3) is 0.750. The predicted octanol–water partition coefficient (Wildman–Crippen LogP) is 6.74. The van der Waals surface area contributed by atoms with Gasteiger partial charge in [0.15, 0.2) is 5.78 Å². The van der Waals surface area contributed by atoms with E-state index >= 15 is 0 Å². The number of aliphatic hydroxyl groups excluding tert-OH is 1. The molecular formula is C52H89N5O10. The molecule has 3 aliphatic rings. The van der Waals surface area contributed by atoms with Crippen LogP contribution in [0.5, 0.6) is 0 Å². The van der Waals surface area contributed by atoms with Crippen molar-refractivity contribution in [3.8, 4) is 0 Å². The van der Waals surface area contributed by atoms with Gasteiger partial charge in [0.25, 0.3) is 11.7 Å². The number of carbonyl (C=O) groups excluding carboxylic acids is 4. The number of carbonyl (C=O) groups is 4. The number of ketones is 3. The lowest BCUT2D eigenvalue weighted by Crippen LogP contribution is -2.56. The summed E-state index contributed by atoms with van der Waals surface area (Å²) >= 11 is 0. The number of hydrazine groups is 1. The second-order valence-corrected chi connectivity index (χ2v) is 19.7. The zero-order valence-electron chi connectivity index (χ0n) is 42.6. The van der Waals surface area contributed by atoms with Gasteiger partial charge < -0.3 is 40.3 Å². The number of rotatable bonds is 7. The summed E-state index contributed by atoms with van der Waals surface area (Å²) < 4.78 is 18.3. The smallest absolute Gasteiger partial charge is 0.296 e. The Morgan fingerprint density at radius 1 is 0.910 bits per heavy atom. The number of amides is 1. The molecule has 1 aliphatic carbocycles. The first-order chi connectivity index (χ1) is 31.8. The van der Waals surface area contributed by atoms with Crippen LogP contribution < -0.4 is 11.7 Å². The average molecular weight is 944 g/mol. The Hall–Kier alpha value is -3.57. The summed E-state index contributed by atoms with van der Waals surface area (Å²) in [7, 11) is 4.23. The number of allylic oxidation sites excluding steroid dienone is 7. The lowest BCUT2D eigenvalue weighted by Gasteiger charge is -2.40. The van der Waals surface area contributed by atoms with Crippen molar-refractivity contribution in [3.05, 3.63) is 47.6 Å². The summed E-state index contributed by atoms with van der Waals surface area (Å²) in [5.41, 5.74) is 2.10. The van der Waals surface area contributed by atoms with Crippen molar-refractivity contribution < 1.29 is 48.7 Å². The number of nitrogens with zero attached hydrogens (tertiary/aromatic N) is 3. The summed E-state index contributed by atoms with van der Waals surface area (Å²) in [5.74, 6) is 5.51. The van der Waals surface area contributed by atoms with Gasteiger partial charge in [0, 0.05) is 58.5 Å². The van der Waals surface area contributed by atoms with Crippen LogP contribution in [-0.4, -0.2) is 125 Å². The van der Waals surface area contributed by atoms with E-state index in [9.17, 15) is 29.4 Å². The molecule has 15 nitrogen and oxygen atoms in total. The number of nitrogens with two attached hydrogens (primary N) is 2. The molecular weight excluding hydrogens is 855 g/mol. The van der Waals surface area contributed by atoms with Crippen molar-refractivity contribution in [3.63, 3.8) is 0 Å². The highest BCUT2D eigenvalue weighted by Crippen LogP contribution is 2.35. The lowest BCUT2D eigenvalue weighted by molar-refractivity contribution is -0.205. The number of piperidine rings is 1. The molecule has 1 amide bonds. The molecule has 0 aromatic heterocycles. The maximum Gasteiger partial charge on any atom is 0.296 e. The number of hydrazone groups is 1. The van der Waals surface area contributed by atoms with Crippen LogP contribution in [-0.2, 0) is 33.4 Å². The SMILES string of the molecule is CO.COC1C/C(C)=C/[C@@H](C)C(=O)CC([C@H](C)CC2CCC(N(N)/C=N\N)C(OC)C2)OC[C@@H]2CCCCN2C(=O)C(=O)C(O)(O)C(C)CCCCC/C(C)=C/C=C/C=C/[C@@H](C)CC(C)C1=O. The van der Waals surface area contributed by atoms with Crippen LogP contribution in [0, 0.1) is 35.5 Å². The molecule has 7 unspecified atom stereocenters. The van der Waals surface area contributed by atoms with Crippen LogP contribution in [0.4, 0.5) is 0 Å². The molecule has 2 fully saturated rings. The van der Waals surface area contributed by atoms with E-state index in [0.29, 0.717) is 45.1 Å². The summed E-state index contributed by atoms with van der Waals surface area (Å²) in [6, 6.07) is -0.569. The van der Waals surface area contributed by atoms with Gasteiger partial charge in [-0.1, -0.05) is 95.1 Å². The van der Waals surface area contributed by atoms with Gasteiger partial charge in [0.2, 0.25) is 5.79 Å². The van der Waals surface area contributed by atoms with Crippen molar-refractivity contribution in [2.24, 2.45) is 52.3 Å². The zero-order chi connectivity index (χ0) is 50.3. The van der Waals surface area contributed by atoms with Crippen molar-refractivity contribution >= 4 is 29.6 Å². The van der Waals surface area contributed by atoms with Gasteiger partial charge in [-0.3, -0.25) is 24.2 Å². The maximum absolute atomic E-state index is 14.1. The van der Waals surface area contributed by atoms with Gasteiger partial charge in [-0.2, -0.15) is 5.10 Å². The van der Waals surface area contributed by atoms with Gasteiger partial charge in [0.1, 0.15) is 18.2 Å². The average Bonchev–Trinajstić information content (AvgIpc) is 3.31. The van der Waals surface area contributed by atoms with Crippen molar-refractivity contribution in [2.75, 3.05) is 34.5 Å². The molecule has 2 heterocycles. The molecule has 11 atom stereocenters. The van der Waals surface area contributed by atoms with Crippen LogP contribution >= 0.6 is 0 Å². The third-order valence-corrected chi connectivity index (χ3v) is 14.2. The highest BCUT2D eigenvalue weighted by molar-refractivity contribution is 6.38. The molecule has 0 aromatic carbocycles. The minimum atomic E-state index is -2.80. The first-order valence-electron chi connectivity index (χ1n) is 24.8. The van der Waals surface area contributed by atoms with Crippen molar-refractivity contribution in [1.82, 2.24) is 9.91 Å². The van der Waals surface area contributed by atoms with E-state index in [2.05, 4.69) is 38.0 Å². The Balaban J connectivity index is 0.00000760. The van der Waals surface area contributed by atoms with Gasteiger partial charge in [-0.05, 0) is 102 Å². The first kappa shape index (κ1) is 59.6. The zero-order valence-corrected chi connectivity index (χ0v) is 42.6. The largest absolute Gasteiger partial charge is 0.400 e. The van der Waals surface area contributed by atoms with Crippen molar-refractivity contribution in [2.45, 2.75) is 181 Å². The molecule has 3 rings (SSSR count). The molecule has 7 N–H and O–H groups in total.